The van der Waals surface area contributed by atoms with Crippen LogP contribution in [0.1, 0.15) is 5.56 Å². The van der Waals surface area contributed by atoms with E-state index in [0.717, 1.165) is 0 Å². The Morgan fingerprint density at radius 3 is 2.86 bits per heavy atom. The van der Waals surface area contributed by atoms with Crippen LogP contribution in [0.4, 0.5) is 0 Å². The molecule has 0 saturated heterocycles. The number of thioether (sulfide) groups is 1. The number of nitrogens with zero attached hydrogens (tertiary/aromatic N) is 3. The highest BCUT2D eigenvalue weighted by Gasteiger charge is 2.16. The summed E-state index contributed by atoms with van der Waals surface area (Å²) in [4.78, 5) is 0.175. The van der Waals surface area contributed by atoms with E-state index in [2.05, 4.69) is 10.2 Å². The van der Waals surface area contributed by atoms with Crippen LogP contribution in [-0.4, -0.2) is 40.5 Å². The van der Waals surface area contributed by atoms with Gasteiger partial charge in [0.15, 0.2) is 15.0 Å². The fraction of sp³-hybridized carbons (Fsp3) is 0.250. The number of aromatic nitrogens is 3. The Morgan fingerprint density at radius 2 is 2.24 bits per heavy atom. The van der Waals surface area contributed by atoms with E-state index in [9.17, 15) is 8.42 Å². The van der Waals surface area contributed by atoms with Crippen LogP contribution in [0.25, 0.3) is 0 Å². The zero-order valence-corrected chi connectivity index (χ0v) is 13.0. The molecule has 0 radical (unpaired) electrons. The number of benzene rings is 1. The van der Waals surface area contributed by atoms with Gasteiger partial charge in [-0.15, -0.1) is 10.2 Å². The molecule has 112 valence electrons. The quantitative estimate of drug-likeness (QED) is 0.458. The van der Waals surface area contributed by atoms with Crippen LogP contribution < -0.4 is 5.73 Å². The van der Waals surface area contributed by atoms with Crippen LogP contribution in [0, 0.1) is 5.41 Å². The Kier molecular flexibility index (Phi) is 4.63. The van der Waals surface area contributed by atoms with E-state index in [1.54, 1.807) is 30.1 Å². The van der Waals surface area contributed by atoms with Gasteiger partial charge in [-0.05, 0) is 12.1 Å². The third-order valence-electron chi connectivity index (χ3n) is 2.76. The predicted octanol–water partition coefficient (Wildman–Crippen LogP) is 0.665. The number of nitrogens with two attached hydrogens (primary N) is 1. The Morgan fingerprint density at radius 1 is 1.48 bits per heavy atom. The van der Waals surface area contributed by atoms with Gasteiger partial charge in [-0.2, -0.15) is 0 Å². The molecule has 7 nitrogen and oxygen atoms in total. The SMILES string of the molecule is Cn1cnnc1SCCS(=O)(=O)c1cccc(C(=N)N)c1. The number of aryl methyl sites for hydroxylation is 1. The van der Waals surface area contributed by atoms with Gasteiger partial charge in [-0.1, -0.05) is 23.9 Å². The first-order valence-electron chi connectivity index (χ1n) is 6.04. The van der Waals surface area contributed by atoms with Crippen LogP contribution in [0.15, 0.2) is 40.6 Å². The second-order valence-corrected chi connectivity index (χ2v) is 7.50. The molecule has 0 aliphatic heterocycles. The maximum absolute atomic E-state index is 12.3. The van der Waals surface area contributed by atoms with E-state index >= 15 is 0 Å². The largest absolute Gasteiger partial charge is 0.384 e. The molecule has 9 heteroatoms. The summed E-state index contributed by atoms with van der Waals surface area (Å²) in [6.07, 6.45) is 1.56. The van der Waals surface area contributed by atoms with Gasteiger partial charge in [0.2, 0.25) is 0 Å². The van der Waals surface area contributed by atoms with Gasteiger partial charge >= 0.3 is 0 Å². The summed E-state index contributed by atoms with van der Waals surface area (Å²) in [5.74, 6) is 0.200. The molecule has 2 rings (SSSR count). The third-order valence-corrected chi connectivity index (χ3v) is 5.77. The molecule has 0 aliphatic carbocycles. The second-order valence-electron chi connectivity index (χ2n) is 4.33. The molecule has 1 aromatic carbocycles. The third kappa shape index (κ3) is 3.82. The van der Waals surface area contributed by atoms with Gasteiger partial charge in [0.25, 0.3) is 0 Å². The lowest BCUT2D eigenvalue weighted by atomic mass is 10.2. The van der Waals surface area contributed by atoms with E-state index in [0.29, 0.717) is 16.5 Å². The average Bonchev–Trinajstić information content (AvgIpc) is 2.84. The lowest BCUT2D eigenvalue weighted by Gasteiger charge is -2.06. The molecular formula is C12H15N5O2S2. The summed E-state index contributed by atoms with van der Waals surface area (Å²) in [6, 6.07) is 6.12. The van der Waals surface area contributed by atoms with Crippen molar-refractivity contribution in [3.05, 3.63) is 36.2 Å². The van der Waals surface area contributed by atoms with Crippen molar-refractivity contribution in [1.82, 2.24) is 14.8 Å². The molecular weight excluding hydrogens is 310 g/mol. The van der Waals surface area contributed by atoms with Crippen molar-refractivity contribution in [3.63, 3.8) is 0 Å². The number of hydrogen-bond acceptors (Lipinski definition) is 6. The van der Waals surface area contributed by atoms with Crippen molar-refractivity contribution in [2.24, 2.45) is 12.8 Å². The standard InChI is InChI=1S/C12H15N5O2S2/c1-17-8-15-16-12(17)20-5-6-21(18,19)10-4-2-3-9(7-10)11(13)14/h2-4,7-8H,5-6H2,1H3,(H3,13,14). The fourth-order valence-corrected chi connectivity index (χ4v) is 4.20. The Hall–Kier alpha value is -1.87. The first kappa shape index (κ1) is 15.5. The zero-order valence-electron chi connectivity index (χ0n) is 11.4. The molecule has 21 heavy (non-hydrogen) atoms. The van der Waals surface area contributed by atoms with E-state index in [1.165, 1.54) is 23.9 Å². The number of sulfone groups is 1. The molecule has 1 heterocycles. The summed E-state index contributed by atoms with van der Waals surface area (Å²) in [5.41, 5.74) is 5.77. The van der Waals surface area contributed by atoms with E-state index in [1.807, 2.05) is 0 Å². The molecule has 0 amide bonds. The van der Waals surface area contributed by atoms with Gasteiger partial charge in [-0.3, -0.25) is 5.41 Å². The molecule has 1 aromatic heterocycles. The monoisotopic (exact) mass is 325 g/mol. The van der Waals surface area contributed by atoms with Gasteiger partial charge < -0.3 is 10.3 Å². The first-order chi connectivity index (χ1) is 9.90. The lowest BCUT2D eigenvalue weighted by molar-refractivity contribution is 0.597. The molecule has 3 N–H and O–H groups in total. The molecule has 2 aromatic rings. The summed E-state index contributed by atoms with van der Waals surface area (Å²) in [6.45, 7) is 0. The molecule has 0 fully saturated rings. The summed E-state index contributed by atoms with van der Waals surface area (Å²) in [7, 11) is -1.61. The van der Waals surface area contributed by atoms with Crippen molar-refractivity contribution in [2.75, 3.05) is 11.5 Å². The smallest absolute Gasteiger partial charge is 0.190 e. The predicted molar refractivity (Wildman–Crippen MR) is 81.2 cm³/mol. The van der Waals surface area contributed by atoms with Crippen molar-refractivity contribution >= 4 is 27.4 Å². The van der Waals surface area contributed by atoms with Crippen molar-refractivity contribution in [1.29, 1.82) is 5.41 Å². The number of nitrogens with one attached hydrogen (secondary N) is 1. The van der Waals surface area contributed by atoms with Crippen LogP contribution in [-0.2, 0) is 16.9 Å². The molecule has 0 spiro atoms. The van der Waals surface area contributed by atoms with Crippen molar-refractivity contribution < 1.29 is 8.42 Å². The summed E-state index contributed by atoms with van der Waals surface area (Å²) >= 11 is 1.33. The second kappa shape index (κ2) is 6.27. The molecule has 0 bridgehead atoms. The highest BCUT2D eigenvalue weighted by atomic mass is 32.2. The van der Waals surface area contributed by atoms with Crippen molar-refractivity contribution in [2.45, 2.75) is 10.1 Å². The summed E-state index contributed by atoms with van der Waals surface area (Å²) < 4.78 is 26.2. The lowest BCUT2D eigenvalue weighted by Crippen LogP contribution is -2.14. The van der Waals surface area contributed by atoms with E-state index in [-0.39, 0.29) is 16.5 Å². The van der Waals surface area contributed by atoms with Gasteiger partial charge in [-0.25, -0.2) is 8.42 Å². The minimum atomic E-state index is -3.41. The normalized spacial score (nSPS) is 11.5. The number of nitrogen functional groups attached to an aromatic ring is 1. The minimum absolute atomic E-state index is 0.0219. The Bertz CT molecular complexity index is 755. The first-order valence-corrected chi connectivity index (χ1v) is 8.68. The maximum atomic E-state index is 12.3. The highest BCUT2D eigenvalue weighted by Crippen LogP contribution is 2.18. The van der Waals surface area contributed by atoms with Crippen LogP contribution in [0.5, 0.6) is 0 Å². The minimum Gasteiger partial charge on any atom is -0.384 e. The van der Waals surface area contributed by atoms with Crippen LogP contribution >= 0.6 is 11.8 Å². The zero-order chi connectivity index (χ0) is 15.5. The van der Waals surface area contributed by atoms with Gasteiger partial charge in [0.05, 0.1) is 10.6 Å². The number of hydrogen-bond donors (Lipinski definition) is 2. The van der Waals surface area contributed by atoms with E-state index in [4.69, 9.17) is 11.1 Å². The molecule has 0 unspecified atom stereocenters. The Labute approximate surface area is 127 Å². The van der Waals surface area contributed by atoms with Gasteiger partial charge in [0, 0.05) is 18.4 Å². The fourth-order valence-electron chi connectivity index (χ4n) is 1.62. The van der Waals surface area contributed by atoms with Gasteiger partial charge in [0.1, 0.15) is 12.2 Å². The molecule has 0 atom stereocenters. The molecule has 0 aliphatic rings. The van der Waals surface area contributed by atoms with Crippen LogP contribution in [0.3, 0.4) is 0 Å². The van der Waals surface area contributed by atoms with Crippen LogP contribution in [0.2, 0.25) is 0 Å². The average molecular weight is 325 g/mol. The number of amidine groups is 1. The van der Waals surface area contributed by atoms with E-state index < -0.39 is 9.84 Å². The Balaban J connectivity index is 2.06. The number of rotatable bonds is 6. The highest BCUT2D eigenvalue weighted by molar-refractivity contribution is 8.00. The maximum Gasteiger partial charge on any atom is 0.190 e. The summed E-state index contributed by atoms with van der Waals surface area (Å²) in [5, 5.41) is 15.6. The molecule has 0 saturated carbocycles. The van der Waals surface area contributed by atoms with Crippen molar-refractivity contribution in [3.8, 4) is 0 Å². The topological polar surface area (TPSA) is 115 Å².